The number of hydrogen-bond acceptors (Lipinski definition) is 5. The zero-order valence-electron chi connectivity index (χ0n) is 18.5. The van der Waals surface area contributed by atoms with Crippen molar-refractivity contribution in [2.75, 3.05) is 5.01 Å². The van der Waals surface area contributed by atoms with Gasteiger partial charge in [-0.2, -0.15) is 10.1 Å². The Morgan fingerprint density at radius 3 is 2.47 bits per heavy atom. The van der Waals surface area contributed by atoms with Crippen LogP contribution in [-0.2, 0) is 11.4 Å². The Balaban J connectivity index is 1.51. The highest BCUT2D eigenvalue weighted by Gasteiger charge is 2.30. The van der Waals surface area contributed by atoms with Crippen molar-refractivity contribution in [2.45, 2.75) is 26.4 Å². The minimum Gasteiger partial charge on any atom is -0.487 e. The van der Waals surface area contributed by atoms with Gasteiger partial charge in [0.1, 0.15) is 12.4 Å². The number of nitro groups is 1. The topological polar surface area (TPSA) is 85.0 Å². The molecule has 0 radical (unpaired) electrons. The maximum Gasteiger partial charge on any atom is 0.280 e. The Bertz CT molecular complexity index is 1270. The number of nitrogens with zero attached hydrogens (tertiary/aromatic N) is 3. The van der Waals surface area contributed by atoms with Crippen molar-refractivity contribution in [3.05, 3.63) is 105 Å². The average Bonchev–Trinajstić information content (AvgIpc) is 3.14. The van der Waals surface area contributed by atoms with Crippen LogP contribution in [0.4, 0.5) is 11.4 Å². The van der Waals surface area contributed by atoms with Gasteiger partial charge in [-0.15, -0.1) is 0 Å². The van der Waals surface area contributed by atoms with Gasteiger partial charge in [-0.1, -0.05) is 49.2 Å². The Morgan fingerprint density at radius 1 is 1.09 bits per heavy atom. The molecule has 0 aliphatic carbocycles. The standard InChI is InChI=1S/C26H22ClN3O4/c1-2-6-24-22(26(31)29(28-24)20-7-4-3-5-8-20)15-19-11-14-25(23(27)16-19)34-17-18-9-12-21(13-10-18)30(32)33/h3-5,7-16H,2,6,17H2,1H3/b22-15+. The molecular weight excluding hydrogens is 454 g/mol. The number of nitro benzene ring substituents is 1. The third-order valence-electron chi connectivity index (χ3n) is 5.25. The Kier molecular flexibility index (Phi) is 7.04. The van der Waals surface area contributed by atoms with Crippen molar-refractivity contribution in [1.82, 2.24) is 0 Å². The van der Waals surface area contributed by atoms with E-state index in [0.717, 1.165) is 28.9 Å². The van der Waals surface area contributed by atoms with Gasteiger partial charge in [-0.3, -0.25) is 14.9 Å². The van der Waals surface area contributed by atoms with Gasteiger partial charge in [0, 0.05) is 12.1 Å². The first-order chi connectivity index (χ1) is 16.5. The van der Waals surface area contributed by atoms with Crippen LogP contribution in [-0.4, -0.2) is 16.5 Å². The van der Waals surface area contributed by atoms with E-state index < -0.39 is 4.92 Å². The monoisotopic (exact) mass is 475 g/mol. The zero-order valence-corrected chi connectivity index (χ0v) is 19.2. The highest BCUT2D eigenvalue weighted by atomic mass is 35.5. The van der Waals surface area contributed by atoms with Crippen LogP contribution in [0.15, 0.2) is 83.5 Å². The van der Waals surface area contributed by atoms with Gasteiger partial charge in [0.25, 0.3) is 11.6 Å². The molecule has 1 aliphatic rings. The summed E-state index contributed by atoms with van der Waals surface area (Å²) in [7, 11) is 0. The first kappa shape index (κ1) is 23.2. The fraction of sp³-hybridized carbons (Fsp3) is 0.154. The second-order valence-electron chi connectivity index (χ2n) is 7.71. The summed E-state index contributed by atoms with van der Waals surface area (Å²) in [5.41, 5.74) is 3.57. The number of carbonyl (C=O) groups excluding carboxylic acids is 1. The summed E-state index contributed by atoms with van der Waals surface area (Å²) in [4.78, 5) is 23.5. The lowest BCUT2D eigenvalue weighted by Gasteiger charge is -2.11. The van der Waals surface area contributed by atoms with E-state index in [4.69, 9.17) is 16.3 Å². The van der Waals surface area contributed by atoms with E-state index in [1.807, 2.05) is 43.3 Å². The molecule has 3 aromatic rings. The van der Waals surface area contributed by atoms with Crippen LogP contribution in [0.3, 0.4) is 0 Å². The van der Waals surface area contributed by atoms with E-state index in [1.54, 1.807) is 30.3 Å². The smallest absolute Gasteiger partial charge is 0.280 e. The van der Waals surface area contributed by atoms with Crippen molar-refractivity contribution in [3.8, 4) is 5.75 Å². The summed E-state index contributed by atoms with van der Waals surface area (Å²) >= 11 is 6.44. The maximum absolute atomic E-state index is 13.1. The number of halogens is 1. The normalized spacial score (nSPS) is 14.4. The van der Waals surface area contributed by atoms with Gasteiger partial charge in [0.15, 0.2) is 0 Å². The number of hydrogen-bond donors (Lipinski definition) is 0. The average molecular weight is 476 g/mol. The maximum atomic E-state index is 13.1. The first-order valence-electron chi connectivity index (χ1n) is 10.8. The second kappa shape index (κ2) is 10.3. The van der Waals surface area contributed by atoms with Crippen molar-refractivity contribution < 1.29 is 14.5 Å². The summed E-state index contributed by atoms with van der Waals surface area (Å²) in [5.74, 6) is 0.303. The Morgan fingerprint density at radius 2 is 1.82 bits per heavy atom. The molecular formula is C26H22ClN3O4. The lowest BCUT2D eigenvalue weighted by Crippen LogP contribution is -2.21. The summed E-state index contributed by atoms with van der Waals surface area (Å²) < 4.78 is 5.78. The SMILES string of the molecule is CCCC1=NN(c2ccccc2)C(=O)/C1=C/c1ccc(OCc2ccc([N+](=O)[O-])cc2)c(Cl)c1. The van der Waals surface area contributed by atoms with Gasteiger partial charge in [0.2, 0.25) is 0 Å². The first-order valence-corrected chi connectivity index (χ1v) is 11.2. The fourth-order valence-corrected chi connectivity index (χ4v) is 3.78. The van der Waals surface area contributed by atoms with Crippen LogP contribution in [0, 0.1) is 10.1 Å². The highest BCUT2D eigenvalue weighted by molar-refractivity contribution is 6.33. The van der Waals surface area contributed by atoms with E-state index >= 15 is 0 Å². The zero-order chi connectivity index (χ0) is 24.1. The second-order valence-corrected chi connectivity index (χ2v) is 8.12. The number of amides is 1. The van der Waals surface area contributed by atoms with Crippen molar-refractivity contribution in [1.29, 1.82) is 0 Å². The van der Waals surface area contributed by atoms with Crippen LogP contribution in [0.25, 0.3) is 6.08 Å². The number of para-hydroxylation sites is 1. The Labute approximate surface area is 202 Å². The van der Waals surface area contributed by atoms with Crippen LogP contribution in [0.2, 0.25) is 5.02 Å². The fourth-order valence-electron chi connectivity index (χ4n) is 3.53. The number of carbonyl (C=O) groups is 1. The molecule has 0 fully saturated rings. The molecule has 3 aromatic carbocycles. The number of benzene rings is 3. The molecule has 7 nitrogen and oxygen atoms in total. The summed E-state index contributed by atoms with van der Waals surface area (Å²) in [6, 6.07) is 20.8. The molecule has 34 heavy (non-hydrogen) atoms. The molecule has 0 saturated carbocycles. The lowest BCUT2D eigenvalue weighted by atomic mass is 10.0. The third kappa shape index (κ3) is 5.15. The molecule has 0 unspecified atom stereocenters. The predicted octanol–water partition coefficient (Wildman–Crippen LogP) is 6.41. The molecule has 1 heterocycles. The van der Waals surface area contributed by atoms with Crippen molar-refractivity contribution in [3.63, 3.8) is 0 Å². The molecule has 0 bridgehead atoms. The van der Waals surface area contributed by atoms with E-state index in [1.165, 1.54) is 17.1 Å². The van der Waals surface area contributed by atoms with Gasteiger partial charge < -0.3 is 4.74 Å². The summed E-state index contributed by atoms with van der Waals surface area (Å²) in [6.07, 6.45) is 3.35. The quantitative estimate of drug-likeness (QED) is 0.214. The number of ether oxygens (including phenoxy) is 1. The van der Waals surface area contributed by atoms with Crippen molar-refractivity contribution >= 4 is 40.7 Å². The number of rotatable bonds is 8. The van der Waals surface area contributed by atoms with Crippen molar-refractivity contribution in [2.24, 2.45) is 5.10 Å². The Hall–Kier alpha value is -3.97. The van der Waals surface area contributed by atoms with Crippen LogP contribution >= 0.6 is 11.6 Å². The minimum atomic E-state index is -0.445. The van der Waals surface area contributed by atoms with Gasteiger partial charge in [0.05, 0.1) is 26.9 Å². The molecule has 4 rings (SSSR count). The summed E-state index contributed by atoms with van der Waals surface area (Å²) in [6.45, 7) is 2.26. The third-order valence-corrected chi connectivity index (χ3v) is 5.55. The van der Waals surface area contributed by atoms with Crippen LogP contribution in [0.5, 0.6) is 5.75 Å². The minimum absolute atomic E-state index is 0.0254. The molecule has 0 spiro atoms. The van der Waals surface area contributed by atoms with Crippen LogP contribution < -0.4 is 9.75 Å². The van der Waals surface area contributed by atoms with Gasteiger partial charge >= 0.3 is 0 Å². The van der Waals surface area contributed by atoms with Gasteiger partial charge in [-0.25, -0.2) is 0 Å². The lowest BCUT2D eigenvalue weighted by molar-refractivity contribution is -0.384. The molecule has 0 aromatic heterocycles. The molecule has 8 heteroatoms. The van der Waals surface area contributed by atoms with E-state index in [9.17, 15) is 14.9 Å². The molecule has 0 N–H and O–H groups in total. The molecule has 1 aliphatic heterocycles. The van der Waals surface area contributed by atoms with E-state index in [0.29, 0.717) is 22.8 Å². The highest BCUT2D eigenvalue weighted by Crippen LogP contribution is 2.30. The van der Waals surface area contributed by atoms with E-state index in [-0.39, 0.29) is 18.2 Å². The molecule has 172 valence electrons. The summed E-state index contributed by atoms with van der Waals surface area (Å²) in [5, 5.41) is 17.2. The number of hydrazone groups is 1. The molecule has 0 saturated heterocycles. The predicted molar refractivity (Wildman–Crippen MR) is 133 cm³/mol. The largest absolute Gasteiger partial charge is 0.487 e. The van der Waals surface area contributed by atoms with Crippen LogP contribution in [0.1, 0.15) is 30.9 Å². The number of non-ortho nitro benzene ring substituents is 1. The number of anilines is 1. The molecule has 0 atom stereocenters. The van der Waals surface area contributed by atoms with E-state index in [2.05, 4.69) is 5.10 Å². The van der Waals surface area contributed by atoms with Gasteiger partial charge in [-0.05, 0) is 60.0 Å². The molecule has 1 amide bonds.